The molecule has 2 heteroatoms. The Balaban J connectivity index is 2.41. The van der Waals surface area contributed by atoms with Crippen LogP contribution in [0.1, 0.15) is 23.1 Å². The molecule has 0 spiro atoms. The lowest BCUT2D eigenvalue weighted by Crippen LogP contribution is -2.34. The largest absolute Gasteiger partial charge is 0.395 e. The second kappa shape index (κ2) is 4.19. The summed E-state index contributed by atoms with van der Waals surface area (Å²) in [4.78, 5) is 2.30. The predicted octanol–water partition coefficient (Wildman–Crippen LogP) is 1.87. The van der Waals surface area contributed by atoms with Crippen molar-refractivity contribution in [3.63, 3.8) is 0 Å². The van der Waals surface area contributed by atoms with Gasteiger partial charge >= 0.3 is 0 Å². The normalized spacial score (nSPS) is 26.2. The SMILES string of the molecule is Cc1ccc(C2(CO)CCN(C)C2)c(C)c1. The third-order valence-corrected chi connectivity index (χ3v) is 3.80. The van der Waals surface area contributed by atoms with E-state index in [-0.39, 0.29) is 12.0 Å². The van der Waals surface area contributed by atoms with E-state index in [1.807, 2.05) is 0 Å². The van der Waals surface area contributed by atoms with Crippen molar-refractivity contribution < 1.29 is 5.11 Å². The first-order chi connectivity index (χ1) is 7.57. The maximum absolute atomic E-state index is 9.75. The zero-order chi connectivity index (χ0) is 11.8. The molecule has 0 saturated carbocycles. The van der Waals surface area contributed by atoms with E-state index in [1.165, 1.54) is 16.7 Å². The van der Waals surface area contributed by atoms with Crippen LogP contribution in [0.3, 0.4) is 0 Å². The van der Waals surface area contributed by atoms with Crippen LogP contribution in [0.25, 0.3) is 0 Å². The van der Waals surface area contributed by atoms with Gasteiger partial charge in [-0.05, 0) is 45.0 Å². The molecule has 2 rings (SSSR count). The number of likely N-dealkylation sites (N-methyl/N-ethyl adjacent to an activating group) is 1. The summed E-state index contributed by atoms with van der Waals surface area (Å²) < 4.78 is 0. The highest BCUT2D eigenvalue weighted by Crippen LogP contribution is 2.35. The Bertz CT molecular complexity index is 388. The fourth-order valence-corrected chi connectivity index (χ4v) is 2.92. The molecule has 1 atom stereocenters. The smallest absolute Gasteiger partial charge is 0.0540 e. The number of hydrogen-bond acceptors (Lipinski definition) is 2. The summed E-state index contributed by atoms with van der Waals surface area (Å²) in [5.74, 6) is 0. The Morgan fingerprint density at radius 1 is 1.38 bits per heavy atom. The molecule has 1 unspecified atom stereocenters. The summed E-state index contributed by atoms with van der Waals surface area (Å²) in [6.07, 6.45) is 1.06. The first-order valence-electron chi connectivity index (χ1n) is 5.94. The molecular formula is C14H21NO. The van der Waals surface area contributed by atoms with E-state index < -0.39 is 0 Å². The van der Waals surface area contributed by atoms with Crippen LogP contribution >= 0.6 is 0 Å². The van der Waals surface area contributed by atoms with Crippen molar-refractivity contribution >= 4 is 0 Å². The van der Waals surface area contributed by atoms with Gasteiger partial charge in [0.1, 0.15) is 0 Å². The summed E-state index contributed by atoms with van der Waals surface area (Å²) >= 11 is 0. The quantitative estimate of drug-likeness (QED) is 0.821. The molecule has 1 saturated heterocycles. The van der Waals surface area contributed by atoms with Gasteiger partial charge in [0.2, 0.25) is 0 Å². The first kappa shape index (κ1) is 11.6. The van der Waals surface area contributed by atoms with Crippen molar-refractivity contribution in [3.8, 4) is 0 Å². The molecule has 1 aromatic rings. The van der Waals surface area contributed by atoms with Gasteiger partial charge in [0, 0.05) is 12.0 Å². The minimum atomic E-state index is -0.0352. The fraction of sp³-hybridized carbons (Fsp3) is 0.571. The van der Waals surface area contributed by atoms with Crippen LogP contribution in [0, 0.1) is 13.8 Å². The van der Waals surface area contributed by atoms with E-state index in [0.29, 0.717) is 0 Å². The Hall–Kier alpha value is -0.860. The zero-order valence-electron chi connectivity index (χ0n) is 10.5. The van der Waals surface area contributed by atoms with Crippen molar-refractivity contribution in [2.24, 2.45) is 0 Å². The molecule has 1 aromatic carbocycles. The molecule has 1 heterocycles. The molecule has 0 aliphatic carbocycles. The molecule has 1 aliphatic heterocycles. The van der Waals surface area contributed by atoms with Gasteiger partial charge in [-0.25, -0.2) is 0 Å². The van der Waals surface area contributed by atoms with Gasteiger partial charge in [0.15, 0.2) is 0 Å². The molecule has 1 N–H and O–H groups in total. The number of nitrogens with zero attached hydrogens (tertiary/aromatic N) is 1. The van der Waals surface area contributed by atoms with Crippen LogP contribution in [-0.4, -0.2) is 36.8 Å². The molecule has 0 aromatic heterocycles. The van der Waals surface area contributed by atoms with Gasteiger partial charge in [-0.2, -0.15) is 0 Å². The standard InChI is InChI=1S/C14H21NO/c1-11-4-5-13(12(2)8-11)14(10-16)6-7-15(3)9-14/h4-5,8,16H,6-7,9-10H2,1-3H3. The van der Waals surface area contributed by atoms with E-state index in [9.17, 15) is 5.11 Å². The highest BCUT2D eigenvalue weighted by Gasteiger charge is 2.38. The second-order valence-corrected chi connectivity index (χ2v) is 5.24. The van der Waals surface area contributed by atoms with E-state index in [1.54, 1.807) is 0 Å². The molecule has 1 fully saturated rings. The van der Waals surface area contributed by atoms with Gasteiger partial charge in [-0.15, -0.1) is 0 Å². The van der Waals surface area contributed by atoms with Crippen LogP contribution in [0.2, 0.25) is 0 Å². The average Bonchev–Trinajstić information content (AvgIpc) is 2.61. The lowest BCUT2D eigenvalue weighted by molar-refractivity contribution is 0.194. The summed E-state index contributed by atoms with van der Waals surface area (Å²) in [7, 11) is 2.13. The number of aliphatic hydroxyl groups is 1. The number of rotatable bonds is 2. The lowest BCUT2D eigenvalue weighted by Gasteiger charge is -2.29. The molecule has 16 heavy (non-hydrogen) atoms. The number of aryl methyl sites for hydroxylation is 2. The molecule has 2 nitrogen and oxygen atoms in total. The van der Waals surface area contributed by atoms with Gasteiger partial charge in [0.25, 0.3) is 0 Å². The maximum atomic E-state index is 9.75. The third-order valence-electron chi connectivity index (χ3n) is 3.80. The fourth-order valence-electron chi connectivity index (χ4n) is 2.92. The minimum Gasteiger partial charge on any atom is -0.395 e. The highest BCUT2D eigenvalue weighted by atomic mass is 16.3. The van der Waals surface area contributed by atoms with Crippen molar-refractivity contribution in [3.05, 3.63) is 34.9 Å². The summed E-state index contributed by atoms with van der Waals surface area (Å²) in [5, 5.41) is 9.75. The van der Waals surface area contributed by atoms with E-state index in [0.717, 1.165) is 19.5 Å². The molecule has 88 valence electrons. The Morgan fingerprint density at radius 3 is 2.62 bits per heavy atom. The third kappa shape index (κ3) is 1.87. The number of hydrogen-bond donors (Lipinski definition) is 1. The van der Waals surface area contributed by atoms with Crippen LogP contribution in [0.5, 0.6) is 0 Å². The van der Waals surface area contributed by atoms with Crippen LogP contribution in [0.4, 0.5) is 0 Å². The zero-order valence-corrected chi connectivity index (χ0v) is 10.5. The van der Waals surface area contributed by atoms with E-state index in [2.05, 4.69) is 44.0 Å². The van der Waals surface area contributed by atoms with Crippen LogP contribution in [0.15, 0.2) is 18.2 Å². The summed E-state index contributed by atoms with van der Waals surface area (Å²) in [6.45, 7) is 6.56. The van der Waals surface area contributed by atoms with Gasteiger partial charge in [-0.3, -0.25) is 0 Å². The Morgan fingerprint density at radius 2 is 2.12 bits per heavy atom. The van der Waals surface area contributed by atoms with Crippen LogP contribution < -0.4 is 0 Å². The van der Waals surface area contributed by atoms with Gasteiger partial charge in [0.05, 0.1) is 6.61 Å². The highest BCUT2D eigenvalue weighted by molar-refractivity contribution is 5.38. The van der Waals surface area contributed by atoms with E-state index >= 15 is 0 Å². The number of benzene rings is 1. The molecule has 0 amide bonds. The van der Waals surface area contributed by atoms with Gasteiger partial charge < -0.3 is 10.0 Å². The van der Waals surface area contributed by atoms with Crippen molar-refractivity contribution in [2.45, 2.75) is 25.7 Å². The topological polar surface area (TPSA) is 23.5 Å². The lowest BCUT2D eigenvalue weighted by atomic mass is 9.78. The first-order valence-corrected chi connectivity index (χ1v) is 5.94. The van der Waals surface area contributed by atoms with Crippen molar-refractivity contribution in [2.75, 3.05) is 26.7 Å². The van der Waals surface area contributed by atoms with Crippen molar-refractivity contribution in [1.29, 1.82) is 0 Å². The molecular weight excluding hydrogens is 198 g/mol. The molecule has 0 bridgehead atoms. The van der Waals surface area contributed by atoms with Gasteiger partial charge in [-0.1, -0.05) is 23.8 Å². The van der Waals surface area contributed by atoms with E-state index in [4.69, 9.17) is 0 Å². The monoisotopic (exact) mass is 219 g/mol. The summed E-state index contributed by atoms with van der Waals surface area (Å²) in [5.41, 5.74) is 3.89. The van der Waals surface area contributed by atoms with Crippen LogP contribution in [-0.2, 0) is 5.41 Å². The second-order valence-electron chi connectivity index (χ2n) is 5.24. The maximum Gasteiger partial charge on any atom is 0.0540 e. The van der Waals surface area contributed by atoms with Crippen molar-refractivity contribution in [1.82, 2.24) is 4.90 Å². The minimum absolute atomic E-state index is 0.0352. The average molecular weight is 219 g/mol. The number of likely N-dealkylation sites (tertiary alicyclic amines) is 1. The Kier molecular flexibility index (Phi) is 3.04. The molecule has 1 aliphatic rings. The predicted molar refractivity (Wildman–Crippen MR) is 66.8 cm³/mol. The number of aliphatic hydroxyl groups excluding tert-OH is 1. The summed E-state index contributed by atoms with van der Waals surface area (Å²) in [6, 6.07) is 6.56. The molecule has 0 radical (unpaired) electrons. The Labute approximate surface area is 97.9 Å².